The molecule has 7 heteroatoms. The third-order valence-electron chi connectivity index (χ3n) is 1.96. The lowest BCUT2D eigenvalue weighted by Gasteiger charge is -2.06. The normalized spacial score (nSPS) is 12.2. The molecule has 2 N–H and O–H groups in total. The number of carboxylic acids is 1. The quantitative estimate of drug-likeness (QED) is 0.687. The van der Waals surface area contributed by atoms with Crippen LogP contribution in [0, 0.1) is 0 Å². The zero-order chi connectivity index (χ0) is 12.3. The van der Waals surface area contributed by atoms with Gasteiger partial charge in [-0.15, -0.1) is 0 Å². The van der Waals surface area contributed by atoms with Crippen molar-refractivity contribution < 1.29 is 24.5 Å². The minimum absolute atomic E-state index is 0.0706. The zero-order valence-corrected chi connectivity index (χ0v) is 8.88. The minimum Gasteiger partial charge on any atom is -0.481 e. The van der Waals surface area contributed by atoms with E-state index in [4.69, 9.17) is 5.11 Å². The van der Waals surface area contributed by atoms with Crippen LogP contribution < -0.4 is 0 Å². The number of hydrogen-bond donors (Lipinski definition) is 2. The Bertz CT molecular complexity index is 412. The van der Waals surface area contributed by atoms with Crippen LogP contribution in [-0.4, -0.2) is 39.0 Å². The van der Waals surface area contributed by atoms with Crippen molar-refractivity contribution in [1.29, 1.82) is 0 Å². The summed E-state index contributed by atoms with van der Waals surface area (Å²) in [7, 11) is 2.74. The highest BCUT2D eigenvalue weighted by Crippen LogP contribution is 2.20. The van der Waals surface area contributed by atoms with Gasteiger partial charge in [-0.25, -0.2) is 4.79 Å². The molecule has 0 unspecified atom stereocenters. The van der Waals surface area contributed by atoms with Crippen LogP contribution in [0.3, 0.4) is 0 Å². The first kappa shape index (κ1) is 12.2. The second-order valence-electron chi connectivity index (χ2n) is 3.21. The van der Waals surface area contributed by atoms with Crippen molar-refractivity contribution in [2.45, 2.75) is 12.5 Å². The molecule has 16 heavy (non-hydrogen) atoms. The molecule has 1 heterocycles. The molecule has 0 saturated carbocycles. The van der Waals surface area contributed by atoms with Gasteiger partial charge in [-0.2, -0.15) is 5.10 Å². The lowest BCUT2D eigenvalue weighted by molar-refractivity contribution is -0.139. The standard InChI is InChI=1S/C9H12N2O5/c1-11-4-5(6(12)3-7(13)14)8(10-11)9(15)16-2/h4,6,12H,3H2,1-2H3,(H,13,14)/t6-/m0/s1. The Labute approximate surface area is 91.3 Å². The Morgan fingerprint density at radius 3 is 2.75 bits per heavy atom. The molecule has 0 aliphatic carbocycles. The number of aromatic nitrogens is 2. The van der Waals surface area contributed by atoms with Crippen LogP contribution in [0.15, 0.2) is 6.20 Å². The molecule has 1 rings (SSSR count). The van der Waals surface area contributed by atoms with E-state index in [9.17, 15) is 14.7 Å². The first-order valence-corrected chi connectivity index (χ1v) is 4.47. The second-order valence-corrected chi connectivity index (χ2v) is 3.21. The number of hydrogen-bond acceptors (Lipinski definition) is 5. The topological polar surface area (TPSA) is 102 Å². The summed E-state index contributed by atoms with van der Waals surface area (Å²) in [5, 5.41) is 21.9. The van der Waals surface area contributed by atoms with Crippen LogP contribution in [0.25, 0.3) is 0 Å². The molecule has 0 radical (unpaired) electrons. The van der Waals surface area contributed by atoms with E-state index in [2.05, 4.69) is 9.84 Å². The summed E-state index contributed by atoms with van der Waals surface area (Å²) in [6, 6.07) is 0. The van der Waals surface area contributed by atoms with Crippen LogP contribution in [0.4, 0.5) is 0 Å². The van der Waals surface area contributed by atoms with Crippen molar-refractivity contribution in [1.82, 2.24) is 9.78 Å². The summed E-state index contributed by atoms with van der Waals surface area (Å²) < 4.78 is 5.78. The second kappa shape index (κ2) is 4.75. The maximum Gasteiger partial charge on any atom is 0.358 e. The number of carbonyl (C=O) groups is 2. The monoisotopic (exact) mass is 228 g/mol. The van der Waals surface area contributed by atoms with Crippen molar-refractivity contribution in [3.05, 3.63) is 17.5 Å². The molecular formula is C9H12N2O5. The first-order valence-electron chi connectivity index (χ1n) is 4.47. The summed E-state index contributed by atoms with van der Waals surface area (Å²) in [6.45, 7) is 0. The summed E-state index contributed by atoms with van der Waals surface area (Å²) in [6.07, 6.45) is -0.379. The van der Waals surface area contributed by atoms with E-state index in [1.54, 1.807) is 7.05 Å². The highest BCUT2D eigenvalue weighted by atomic mass is 16.5. The van der Waals surface area contributed by atoms with E-state index >= 15 is 0 Å². The van der Waals surface area contributed by atoms with Crippen LogP contribution in [0.1, 0.15) is 28.6 Å². The molecule has 7 nitrogen and oxygen atoms in total. The molecule has 0 aliphatic heterocycles. The number of carboxylic acid groups (broad SMARTS) is 1. The molecule has 0 amide bonds. The minimum atomic E-state index is -1.28. The maximum atomic E-state index is 11.3. The van der Waals surface area contributed by atoms with E-state index in [0.29, 0.717) is 0 Å². The third kappa shape index (κ3) is 2.57. The number of nitrogens with zero attached hydrogens (tertiary/aromatic N) is 2. The largest absolute Gasteiger partial charge is 0.481 e. The van der Waals surface area contributed by atoms with Crippen LogP contribution in [-0.2, 0) is 16.6 Å². The highest BCUT2D eigenvalue weighted by molar-refractivity contribution is 5.89. The van der Waals surface area contributed by atoms with Crippen molar-refractivity contribution in [2.24, 2.45) is 7.05 Å². The summed E-state index contributed by atoms with van der Waals surface area (Å²) in [5.74, 6) is -1.87. The molecule has 0 fully saturated rings. The van der Waals surface area contributed by atoms with Crippen molar-refractivity contribution in [3.63, 3.8) is 0 Å². The van der Waals surface area contributed by atoms with Gasteiger partial charge < -0.3 is 14.9 Å². The number of carbonyl (C=O) groups excluding carboxylic acids is 1. The summed E-state index contributed by atoms with van der Waals surface area (Å²) >= 11 is 0. The smallest absolute Gasteiger partial charge is 0.358 e. The molecule has 1 atom stereocenters. The first-order chi connectivity index (χ1) is 7.45. The molecule has 88 valence electrons. The van der Waals surface area contributed by atoms with E-state index in [1.165, 1.54) is 18.0 Å². The van der Waals surface area contributed by atoms with Gasteiger partial charge in [0, 0.05) is 18.8 Å². The molecule has 0 aromatic carbocycles. The predicted octanol–water partition coefficient (Wildman–Crippen LogP) is -0.285. The number of esters is 1. The number of aliphatic hydroxyl groups excluding tert-OH is 1. The Balaban J connectivity index is 3.02. The van der Waals surface area contributed by atoms with Crippen LogP contribution >= 0.6 is 0 Å². The highest BCUT2D eigenvalue weighted by Gasteiger charge is 2.23. The predicted molar refractivity (Wildman–Crippen MR) is 51.8 cm³/mol. The molecule has 0 spiro atoms. The molecule has 0 bridgehead atoms. The van der Waals surface area contributed by atoms with Gasteiger partial charge in [-0.3, -0.25) is 9.48 Å². The number of rotatable bonds is 4. The van der Waals surface area contributed by atoms with E-state index < -0.39 is 24.5 Å². The molecule has 1 aromatic heterocycles. The van der Waals surface area contributed by atoms with Gasteiger partial charge in [-0.05, 0) is 0 Å². The van der Waals surface area contributed by atoms with Gasteiger partial charge in [0.25, 0.3) is 0 Å². The van der Waals surface area contributed by atoms with E-state index in [-0.39, 0.29) is 11.3 Å². The lowest BCUT2D eigenvalue weighted by atomic mass is 10.1. The van der Waals surface area contributed by atoms with Crippen molar-refractivity contribution in [2.75, 3.05) is 7.11 Å². The Morgan fingerprint density at radius 2 is 2.25 bits per heavy atom. The maximum absolute atomic E-state index is 11.3. The van der Waals surface area contributed by atoms with Gasteiger partial charge in [0.05, 0.1) is 19.6 Å². The third-order valence-corrected chi connectivity index (χ3v) is 1.96. The molecule has 0 saturated heterocycles. The molecular weight excluding hydrogens is 216 g/mol. The lowest BCUT2D eigenvalue weighted by Crippen LogP contribution is -2.11. The Hall–Kier alpha value is -1.89. The number of aryl methyl sites for hydroxylation is 1. The van der Waals surface area contributed by atoms with E-state index in [1.807, 2.05) is 0 Å². The SMILES string of the molecule is COC(=O)c1nn(C)cc1[C@@H](O)CC(=O)O. The molecule has 1 aromatic rings. The van der Waals surface area contributed by atoms with Crippen LogP contribution in [0.2, 0.25) is 0 Å². The average molecular weight is 228 g/mol. The van der Waals surface area contributed by atoms with Gasteiger partial charge in [0.15, 0.2) is 5.69 Å². The number of aliphatic hydroxyl groups is 1. The molecule has 0 aliphatic rings. The van der Waals surface area contributed by atoms with Crippen LogP contribution in [0.5, 0.6) is 0 Å². The number of methoxy groups -OCH3 is 1. The Kier molecular flexibility index (Phi) is 3.62. The number of aliphatic carboxylic acids is 1. The van der Waals surface area contributed by atoms with Crippen molar-refractivity contribution >= 4 is 11.9 Å². The Morgan fingerprint density at radius 1 is 1.62 bits per heavy atom. The summed E-state index contributed by atoms with van der Waals surface area (Å²) in [5.41, 5.74) is 0.0792. The van der Waals surface area contributed by atoms with Gasteiger partial charge in [0.1, 0.15) is 0 Å². The van der Waals surface area contributed by atoms with Gasteiger partial charge in [-0.1, -0.05) is 0 Å². The van der Waals surface area contributed by atoms with Crippen molar-refractivity contribution in [3.8, 4) is 0 Å². The number of ether oxygens (including phenoxy) is 1. The fourth-order valence-corrected chi connectivity index (χ4v) is 1.28. The fourth-order valence-electron chi connectivity index (χ4n) is 1.28. The van der Waals surface area contributed by atoms with Gasteiger partial charge >= 0.3 is 11.9 Å². The zero-order valence-electron chi connectivity index (χ0n) is 8.88. The fraction of sp³-hybridized carbons (Fsp3) is 0.444. The van der Waals surface area contributed by atoms with E-state index in [0.717, 1.165) is 0 Å². The summed E-state index contributed by atoms with van der Waals surface area (Å²) in [4.78, 5) is 21.7. The van der Waals surface area contributed by atoms with Gasteiger partial charge in [0.2, 0.25) is 0 Å². The average Bonchev–Trinajstić information content (AvgIpc) is 2.58.